The van der Waals surface area contributed by atoms with Gasteiger partial charge in [-0.25, -0.2) is 4.99 Å². The van der Waals surface area contributed by atoms with Gasteiger partial charge >= 0.3 is 0 Å². The second kappa shape index (κ2) is 12.3. The van der Waals surface area contributed by atoms with Crippen LogP contribution in [0.15, 0.2) is 155 Å². The standard InChI is InChI=1S/C48H45N3/c1-48(44-29-35-14-4-6-16-37(35)40-19-10-11-21-42(40)44)30-45(43-28-34-13-3-5-15-36(34)39-18-8-9-20-41(39)43)50-47(51-48)33-24-22-32(23-25-33)46-38-17-7-2-12-31(38)26-27-49-46/h3-5,7-8,10-11,13-15,17-19,21-24,26-28,30,33-34,36,44H,2,6,9,12,16,20,25,29H2,1H3,(H,50,51). The van der Waals surface area contributed by atoms with Gasteiger partial charge in [0.15, 0.2) is 0 Å². The third kappa shape index (κ3) is 5.24. The van der Waals surface area contributed by atoms with E-state index in [9.17, 15) is 0 Å². The molecule has 5 atom stereocenters. The van der Waals surface area contributed by atoms with Crippen LogP contribution in [-0.4, -0.2) is 16.4 Å². The number of allylic oxidation sites excluding steroid dienone is 17. The van der Waals surface area contributed by atoms with Crippen molar-refractivity contribution >= 4 is 23.1 Å². The number of pyridine rings is 1. The van der Waals surface area contributed by atoms with Crippen molar-refractivity contribution in [1.29, 1.82) is 0 Å². The monoisotopic (exact) mass is 663 g/mol. The van der Waals surface area contributed by atoms with Crippen LogP contribution in [0.2, 0.25) is 0 Å². The molecule has 0 fully saturated rings. The van der Waals surface area contributed by atoms with Crippen LogP contribution in [0.25, 0.3) is 17.2 Å². The van der Waals surface area contributed by atoms with E-state index >= 15 is 0 Å². The summed E-state index contributed by atoms with van der Waals surface area (Å²) in [7, 11) is 0. The quantitative estimate of drug-likeness (QED) is 0.353. The smallest absolute Gasteiger partial charge is 0.110 e. The number of hydrogen-bond acceptors (Lipinski definition) is 3. The highest BCUT2D eigenvalue weighted by Crippen LogP contribution is 2.50. The zero-order valence-electron chi connectivity index (χ0n) is 29.5. The summed E-state index contributed by atoms with van der Waals surface area (Å²) >= 11 is 0. The molecule has 252 valence electrons. The Bertz CT molecular complexity index is 2220. The van der Waals surface area contributed by atoms with Crippen molar-refractivity contribution in [3.63, 3.8) is 0 Å². The fourth-order valence-corrected chi connectivity index (χ4v) is 9.94. The van der Waals surface area contributed by atoms with Gasteiger partial charge in [0, 0.05) is 41.0 Å². The van der Waals surface area contributed by atoms with Gasteiger partial charge in [0.1, 0.15) is 5.84 Å². The fourth-order valence-electron chi connectivity index (χ4n) is 9.94. The number of aliphatic imine (C=N–C) groups is 1. The summed E-state index contributed by atoms with van der Waals surface area (Å²) in [4.78, 5) is 10.5. The fraction of sp³-hybridized carbons (Fsp3) is 0.292. The van der Waals surface area contributed by atoms with Crippen molar-refractivity contribution in [3.05, 3.63) is 178 Å². The SMILES string of the molecule is CC1(C2CC3=C(CCC=C3)c3ccccc32)C=C(C2=CC3C=CC=CC3C3=C2CCC=C3)N=C(C2C=CC(c3nccc4c3C=CCC4)=CC2)N1. The average molecular weight is 664 g/mol. The summed E-state index contributed by atoms with van der Waals surface area (Å²) in [5.74, 6) is 2.27. The molecule has 0 amide bonds. The second-order valence-corrected chi connectivity index (χ2v) is 15.6. The molecule has 0 saturated carbocycles. The summed E-state index contributed by atoms with van der Waals surface area (Å²) in [6.45, 7) is 2.44. The largest absolute Gasteiger partial charge is 0.364 e. The van der Waals surface area contributed by atoms with E-state index in [0.29, 0.717) is 11.8 Å². The number of nitrogens with one attached hydrogen (secondary N) is 1. The van der Waals surface area contributed by atoms with Crippen molar-refractivity contribution in [1.82, 2.24) is 10.3 Å². The molecule has 3 heteroatoms. The molecule has 7 aliphatic carbocycles. The molecule has 51 heavy (non-hydrogen) atoms. The summed E-state index contributed by atoms with van der Waals surface area (Å²) < 4.78 is 0. The third-order valence-electron chi connectivity index (χ3n) is 12.5. The lowest BCUT2D eigenvalue weighted by molar-refractivity contribution is 0.396. The molecule has 0 radical (unpaired) electrons. The molecule has 0 bridgehead atoms. The van der Waals surface area contributed by atoms with Crippen LogP contribution in [0, 0.1) is 17.8 Å². The number of nitrogens with zero attached hydrogens (tertiary/aromatic N) is 2. The maximum Gasteiger partial charge on any atom is 0.110 e. The Morgan fingerprint density at radius 3 is 2.61 bits per heavy atom. The highest BCUT2D eigenvalue weighted by Gasteiger charge is 2.43. The zero-order valence-corrected chi connectivity index (χ0v) is 29.5. The topological polar surface area (TPSA) is 37.3 Å². The molecule has 0 spiro atoms. The van der Waals surface area contributed by atoms with Crippen LogP contribution in [0.5, 0.6) is 0 Å². The van der Waals surface area contributed by atoms with Crippen LogP contribution < -0.4 is 5.32 Å². The Balaban J connectivity index is 1.07. The number of benzene rings is 1. The van der Waals surface area contributed by atoms with Crippen LogP contribution >= 0.6 is 0 Å². The number of hydrogen-bond donors (Lipinski definition) is 1. The molecule has 1 aromatic heterocycles. The summed E-state index contributed by atoms with van der Waals surface area (Å²) in [6, 6.07) is 11.4. The predicted molar refractivity (Wildman–Crippen MR) is 212 cm³/mol. The van der Waals surface area contributed by atoms with Gasteiger partial charge < -0.3 is 5.32 Å². The number of aryl methyl sites for hydroxylation is 1. The Hall–Kier alpha value is -5.02. The van der Waals surface area contributed by atoms with Gasteiger partial charge in [0.05, 0.1) is 16.9 Å². The van der Waals surface area contributed by atoms with E-state index in [0.717, 1.165) is 68.6 Å². The van der Waals surface area contributed by atoms with E-state index in [2.05, 4.69) is 134 Å². The van der Waals surface area contributed by atoms with Gasteiger partial charge in [0.2, 0.25) is 0 Å². The van der Waals surface area contributed by atoms with E-state index in [1.54, 1.807) is 5.57 Å². The van der Waals surface area contributed by atoms with Gasteiger partial charge in [-0.2, -0.15) is 0 Å². The van der Waals surface area contributed by atoms with Gasteiger partial charge in [-0.15, -0.1) is 0 Å². The lowest BCUT2D eigenvalue weighted by Crippen LogP contribution is -2.53. The molecule has 2 aromatic rings. The lowest BCUT2D eigenvalue weighted by Gasteiger charge is -2.45. The van der Waals surface area contributed by atoms with Gasteiger partial charge in [0.25, 0.3) is 0 Å². The molecule has 1 aliphatic heterocycles. The van der Waals surface area contributed by atoms with Gasteiger partial charge in [-0.1, -0.05) is 109 Å². The maximum absolute atomic E-state index is 5.62. The first-order chi connectivity index (χ1) is 25.1. The molecule has 5 unspecified atom stereocenters. The molecule has 10 rings (SSSR count). The van der Waals surface area contributed by atoms with E-state index in [1.807, 2.05) is 6.20 Å². The number of aromatic nitrogens is 1. The van der Waals surface area contributed by atoms with Gasteiger partial charge in [-0.3, -0.25) is 4.98 Å². The minimum absolute atomic E-state index is 0.157. The zero-order chi connectivity index (χ0) is 33.9. The first-order valence-corrected chi connectivity index (χ1v) is 19.2. The number of fused-ring (bicyclic) bond motifs is 5. The molecule has 1 aromatic carbocycles. The molecule has 8 aliphatic rings. The second-order valence-electron chi connectivity index (χ2n) is 15.6. The summed E-state index contributed by atoms with van der Waals surface area (Å²) in [5.41, 5.74) is 16.1. The van der Waals surface area contributed by atoms with Crippen molar-refractivity contribution in [3.8, 4) is 0 Å². The van der Waals surface area contributed by atoms with Crippen molar-refractivity contribution < 1.29 is 0 Å². The van der Waals surface area contributed by atoms with Crippen LogP contribution in [0.1, 0.15) is 85.7 Å². The highest BCUT2D eigenvalue weighted by molar-refractivity contribution is 5.92. The molecule has 1 N–H and O–H groups in total. The number of rotatable bonds is 4. The highest BCUT2D eigenvalue weighted by atomic mass is 15.1. The molecular formula is C48H45N3. The third-order valence-corrected chi connectivity index (χ3v) is 12.5. The minimum atomic E-state index is -0.333. The minimum Gasteiger partial charge on any atom is -0.364 e. The number of amidine groups is 1. The Labute approximate surface area is 302 Å². The average Bonchev–Trinajstić information content (AvgIpc) is 3.20. The molecule has 0 saturated heterocycles. The van der Waals surface area contributed by atoms with E-state index in [1.165, 1.54) is 50.1 Å². The van der Waals surface area contributed by atoms with E-state index < -0.39 is 0 Å². The first kappa shape index (κ1) is 30.8. The van der Waals surface area contributed by atoms with Crippen molar-refractivity contribution in [2.24, 2.45) is 22.7 Å². The van der Waals surface area contributed by atoms with Gasteiger partial charge in [-0.05, 0) is 115 Å². The molecule has 2 heterocycles. The van der Waals surface area contributed by atoms with Crippen LogP contribution in [0.4, 0.5) is 0 Å². The molecular weight excluding hydrogens is 619 g/mol. The van der Waals surface area contributed by atoms with Crippen molar-refractivity contribution in [2.75, 3.05) is 0 Å². The summed E-state index contributed by atoms with van der Waals surface area (Å²) in [5, 5.41) is 4.14. The maximum atomic E-state index is 5.62. The van der Waals surface area contributed by atoms with Crippen LogP contribution in [0.3, 0.4) is 0 Å². The summed E-state index contributed by atoms with van der Waals surface area (Å²) in [6.07, 6.45) is 45.9. The first-order valence-electron chi connectivity index (χ1n) is 19.2. The Morgan fingerprint density at radius 1 is 0.843 bits per heavy atom. The normalized spacial score (nSPS) is 29.9. The molecule has 3 nitrogen and oxygen atoms in total. The van der Waals surface area contributed by atoms with Crippen LogP contribution in [-0.2, 0) is 6.42 Å². The Morgan fingerprint density at radius 2 is 1.69 bits per heavy atom. The van der Waals surface area contributed by atoms with Crippen molar-refractivity contribution in [2.45, 2.75) is 69.7 Å². The Kier molecular flexibility index (Phi) is 7.44. The van der Waals surface area contributed by atoms with E-state index in [-0.39, 0.29) is 17.4 Å². The van der Waals surface area contributed by atoms with E-state index in [4.69, 9.17) is 9.98 Å². The lowest BCUT2D eigenvalue weighted by atomic mass is 9.67. The predicted octanol–water partition coefficient (Wildman–Crippen LogP) is 10.9.